The van der Waals surface area contributed by atoms with E-state index >= 15 is 0 Å². The number of nitrogens with two attached hydrogens (primary N) is 1. The van der Waals surface area contributed by atoms with Gasteiger partial charge in [-0.2, -0.15) is 0 Å². The van der Waals surface area contributed by atoms with Crippen molar-refractivity contribution in [1.82, 2.24) is 20.3 Å². The smallest absolute Gasteiger partial charge is 0.273 e. The van der Waals surface area contributed by atoms with Crippen LogP contribution in [0.4, 0.5) is 0 Å². The third-order valence-corrected chi connectivity index (χ3v) is 1.91. The van der Waals surface area contributed by atoms with Crippen LogP contribution in [0.1, 0.15) is 23.3 Å². The molecule has 0 spiro atoms. The first kappa shape index (κ1) is 12.2. The molecule has 16 heavy (non-hydrogen) atoms. The van der Waals surface area contributed by atoms with Gasteiger partial charge in [0, 0.05) is 19.5 Å². The minimum atomic E-state index is -0.236. The van der Waals surface area contributed by atoms with Crippen molar-refractivity contribution < 1.29 is 4.79 Å². The summed E-state index contributed by atoms with van der Waals surface area (Å²) in [6.45, 7) is 1.57. The average Bonchev–Trinajstić information content (AvgIpc) is 2.73. The fourth-order valence-electron chi connectivity index (χ4n) is 1.13. The Morgan fingerprint density at radius 1 is 1.69 bits per heavy atom. The van der Waals surface area contributed by atoms with Gasteiger partial charge in [-0.3, -0.25) is 9.48 Å². The zero-order valence-corrected chi connectivity index (χ0v) is 9.02. The minimum Gasteiger partial charge on any atom is -0.351 e. The van der Waals surface area contributed by atoms with Gasteiger partial charge >= 0.3 is 0 Å². The van der Waals surface area contributed by atoms with E-state index < -0.39 is 0 Å². The van der Waals surface area contributed by atoms with Crippen molar-refractivity contribution in [3.63, 3.8) is 0 Å². The molecule has 1 aromatic heterocycles. The number of amides is 1. The number of hydrogen-bond acceptors (Lipinski definition) is 4. The monoisotopic (exact) mass is 221 g/mol. The molecular formula is C10H15N5O. The van der Waals surface area contributed by atoms with Crippen molar-refractivity contribution in [2.75, 3.05) is 13.1 Å². The quantitative estimate of drug-likeness (QED) is 0.495. The standard InChI is InChI=1S/C10H15N5O/c1-2-3-4-6-12-10(16)9-8-15(7-5-11)14-13-9/h1,8H,3-7,11H2,(H,12,16). The van der Waals surface area contributed by atoms with Gasteiger partial charge in [0.2, 0.25) is 0 Å². The summed E-state index contributed by atoms with van der Waals surface area (Å²) < 4.78 is 1.54. The Morgan fingerprint density at radius 2 is 2.50 bits per heavy atom. The van der Waals surface area contributed by atoms with Gasteiger partial charge in [0.15, 0.2) is 5.69 Å². The Balaban J connectivity index is 2.38. The molecule has 6 heteroatoms. The highest BCUT2D eigenvalue weighted by molar-refractivity contribution is 5.91. The number of carbonyl (C=O) groups excluding carboxylic acids is 1. The molecule has 0 fully saturated rings. The molecule has 0 bridgehead atoms. The van der Waals surface area contributed by atoms with Crippen molar-refractivity contribution in [2.24, 2.45) is 5.73 Å². The molecular weight excluding hydrogens is 206 g/mol. The molecule has 0 saturated carbocycles. The molecule has 0 atom stereocenters. The molecule has 0 unspecified atom stereocenters. The second kappa shape index (κ2) is 6.58. The van der Waals surface area contributed by atoms with E-state index in [0.29, 0.717) is 31.7 Å². The van der Waals surface area contributed by atoms with Gasteiger partial charge in [0.1, 0.15) is 0 Å². The molecule has 0 saturated heterocycles. The molecule has 1 amide bonds. The second-order valence-electron chi connectivity index (χ2n) is 3.22. The number of unbranched alkanes of at least 4 members (excludes halogenated alkanes) is 1. The van der Waals surface area contributed by atoms with E-state index in [1.165, 1.54) is 4.68 Å². The van der Waals surface area contributed by atoms with E-state index in [9.17, 15) is 4.79 Å². The van der Waals surface area contributed by atoms with Crippen molar-refractivity contribution in [2.45, 2.75) is 19.4 Å². The van der Waals surface area contributed by atoms with Crippen LogP contribution in [-0.4, -0.2) is 34.0 Å². The largest absolute Gasteiger partial charge is 0.351 e. The van der Waals surface area contributed by atoms with Gasteiger partial charge < -0.3 is 11.1 Å². The van der Waals surface area contributed by atoms with Crippen LogP contribution < -0.4 is 11.1 Å². The number of aromatic nitrogens is 3. The summed E-state index contributed by atoms with van der Waals surface area (Å²) in [5, 5.41) is 10.2. The van der Waals surface area contributed by atoms with Crippen molar-refractivity contribution in [1.29, 1.82) is 0 Å². The summed E-state index contributed by atoms with van der Waals surface area (Å²) in [4.78, 5) is 11.5. The number of terminal acetylenes is 1. The Labute approximate surface area is 94.2 Å². The van der Waals surface area contributed by atoms with E-state index in [1.54, 1.807) is 6.20 Å². The van der Waals surface area contributed by atoms with Gasteiger partial charge in [0.25, 0.3) is 5.91 Å². The van der Waals surface area contributed by atoms with Crippen LogP contribution in [0, 0.1) is 12.3 Å². The molecule has 1 aromatic rings. The van der Waals surface area contributed by atoms with E-state index in [2.05, 4.69) is 21.5 Å². The summed E-state index contributed by atoms with van der Waals surface area (Å²) in [5.41, 5.74) is 5.65. The zero-order valence-electron chi connectivity index (χ0n) is 9.02. The summed E-state index contributed by atoms with van der Waals surface area (Å²) in [7, 11) is 0. The number of hydrogen-bond donors (Lipinski definition) is 2. The normalized spacial score (nSPS) is 9.75. The molecule has 0 radical (unpaired) electrons. The van der Waals surface area contributed by atoms with Crippen LogP contribution in [0.2, 0.25) is 0 Å². The zero-order chi connectivity index (χ0) is 11.8. The Morgan fingerprint density at radius 3 is 3.19 bits per heavy atom. The SMILES string of the molecule is C#CCCCNC(=O)c1cn(CCN)nn1. The minimum absolute atomic E-state index is 0.236. The van der Waals surface area contributed by atoms with Crippen LogP contribution in [-0.2, 0) is 6.54 Å². The van der Waals surface area contributed by atoms with Gasteiger partial charge in [-0.15, -0.1) is 17.4 Å². The lowest BCUT2D eigenvalue weighted by Crippen LogP contribution is -2.24. The Bertz CT molecular complexity index is 379. The summed E-state index contributed by atoms with van der Waals surface area (Å²) >= 11 is 0. The fourth-order valence-corrected chi connectivity index (χ4v) is 1.13. The molecule has 0 aromatic carbocycles. The highest BCUT2D eigenvalue weighted by Crippen LogP contribution is 1.93. The molecule has 0 aliphatic heterocycles. The summed E-state index contributed by atoms with van der Waals surface area (Å²) in [6, 6.07) is 0. The van der Waals surface area contributed by atoms with E-state index in [0.717, 1.165) is 6.42 Å². The number of rotatable bonds is 6. The van der Waals surface area contributed by atoms with Crippen LogP contribution in [0.15, 0.2) is 6.20 Å². The van der Waals surface area contributed by atoms with Crippen LogP contribution in [0.25, 0.3) is 0 Å². The third-order valence-electron chi connectivity index (χ3n) is 1.91. The van der Waals surface area contributed by atoms with Crippen LogP contribution in [0.5, 0.6) is 0 Å². The third kappa shape index (κ3) is 3.71. The first-order valence-corrected chi connectivity index (χ1v) is 5.09. The van der Waals surface area contributed by atoms with Crippen molar-refractivity contribution in [3.05, 3.63) is 11.9 Å². The lowest BCUT2D eigenvalue weighted by atomic mass is 10.3. The highest BCUT2D eigenvalue weighted by atomic mass is 16.1. The summed E-state index contributed by atoms with van der Waals surface area (Å²) in [6.07, 6.45) is 8.08. The molecule has 0 aliphatic carbocycles. The van der Waals surface area contributed by atoms with Gasteiger partial charge in [-0.05, 0) is 6.42 Å². The maximum Gasteiger partial charge on any atom is 0.273 e. The van der Waals surface area contributed by atoms with Crippen molar-refractivity contribution >= 4 is 5.91 Å². The fraction of sp³-hybridized carbons (Fsp3) is 0.500. The first-order chi connectivity index (χ1) is 7.77. The lowest BCUT2D eigenvalue weighted by Gasteiger charge is -1.99. The predicted octanol–water partition coefficient (Wildman–Crippen LogP) is -0.620. The van der Waals surface area contributed by atoms with Crippen LogP contribution in [0.3, 0.4) is 0 Å². The second-order valence-corrected chi connectivity index (χ2v) is 3.22. The number of nitrogens with one attached hydrogen (secondary N) is 1. The maximum absolute atomic E-state index is 11.5. The molecule has 0 aliphatic rings. The molecule has 1 rings (SSSR count). The Hall–Kier alpha value is -1.87. The maximum atomic E-state index is 11.5. The van der Waals surface area contributed by atoms with Crippen LogP contribution >= 0.6 is 0 Å². The van der Waals surface area contributed by atoms with E-state index in [4.69, 9.17) is 12.2 Å². The molecule has 86 valence electrons. The van der Waals surface area contributed by atoms with Crippen molar-refractivity contribution in [3.8, 4) is 12.3 Å². The van der Waals surface area contributed by atoms with E-state index in [-0.39, 0.29) is 5.91 Å². The number of carbonyl (C=O) groups is 1. The number of nitrogens with zero attached hydrogens (tertiary/aromatic N) is 3. The Kier molecular flexibility index (Phi) is 5.02. The van der Waals surface area contributed by atoms with Gasteiger partial charge in [-0.25, -0.2) is 0 Å². The van der Waals surface area contributed by atoms with Gasteiger partial charge in [-0.1, -0.05) is 5.21 Å². The van der Waals surface area contributed by atoms with E-state index in [1.807, 2.05) is 0 Å². The molecule has 1 heterocycles. The first-order valence-electron chi connectivity index (χ1n) is 5.09. The van der Waals surface area contributed by atoms with Gasteiger partial charge in [0.05, 0.1) is 12.7 Å². The molecule has 6 nitrogen and oxygen atoms in total. The predicted molar refractivity (Wildman–Crippen MR) is 59.5 cm³/mol. The lowest BCUT2D eigenvalue weighted by molar-refractivity contribution is 0.0948. The topological polar surface area (TPSA) is 85.8 Å². The average molecular weight is 221 g/mol. The summed E-state index contributed by atoms with van der Waals surface area (Å²) in [5.74, 6) is 2.27. The molecule has 3 N–H and O–H groups in total. The highest BCUT2D eigenvalue weighted by Gasteiger charge is 2.09.